The predicted molar refractivity (Wildman–Crippen MR) is 83.2 cm³/mol. The standard InChI is InChI=1S/C16H21NO3S/c18-15(17-8-6-13-4-2-1-3-5-13)11-20-16(19)10-14-7-9-21-12-14/h4,7,9,12H,1-3,5-6,8,10-11H2,(H,17,18). The summed E-state index contributed by atoms with van der Waals surface area (Å²) in [5.74, 6) is -0.594. The smallest absolute Gasteiger partial charge is 0.310 e. The van der Waals surface area contributed by atoms with Crippen molar-refractivity contribution in [2.45, 2.75) is 38.5 Å². The summed E-state index contributed by atoms with van der Waals surface area (Å²) in [6, 6.07) is 1.88. The zero-order valence-electron chi connectivity index (χ0n) is 12.1. The highest BCUT2D eigenvalue weighted by Gasteiger charge is 2.09. The summed E-state index contributed by atoms with van der Waals surface area (Å²) in [6.07, 6.45) is 8.22. The molecule has 0 aliphatic heterocycles. The van der Waals surface area contributed by atoms with Crippen molar-refractivity contribution in [3.8, 4) is 0 Å². The van der Waals surface area contributed by atoms with Gasteiger partial charge in [0.25, 0.3) is 5.91 Å². The first kappa shape index (κ1) is 15.8. The first-order chi connectivity index (χ1) is 10.2. The lowest BCUT2D eigenvalue weighted by Gasteiger charge is -2.13. The number of carbonyl (C=O) groups is 2. The number of thiophene rings is 1. The number of hydrogen-bond donors (Lipinski definition) is 1. The summed E-state index contributed by atoms with van der Waals surface area (Å²) < 4.78 is 4.96. The lowest BCUT2D eigenvalue weighted by atomic mass is 9.97. The van der Waals surface area contributed by atoms with Crippen LogP contribution in [-0.2, 0) is 20.7 Å². The summed E-state index contributed by atoms with van der Waals surface area (Å²) >= 11 is 1.54. The van der Waals surface area contributed by atoms with Crippen molar-refractivity contribution in [1.82, 2.24) is 5.32 Å². The highest BCUT2D eigenvalue weighted by atomic mass is 32.1. The normalized spacial score (nSPS) is 14.4. The van der Waals surface area contributed by atoms with Gasteiger partial charge in [-0.25, -0.2) is 0 Å². The van der Waals surface area contributed by atoms with Crippen LogP contribution < -0.4 is 5.32 Å². The molecule has 0 aromatic carbocycles. The molecule has 5 heteroatoms. The third kappa shape index (κ3) is 6.12. The van der Waals surface area contributed by atoms with Crippen molar-refractivity contribution < 1.29 is 14.3 Å². The number of hydrogen-bond acceptors (Lipinski definition) is 4. The second-order valence-electron chi connectivity index (χ2n) is 5.18. The molecule has 0 saturated carbocycles. The Morgan fingerprint density at radius 2 is 2.24 bits per heavy atom. The van der Waals surface area contributed by atoms with Crippen LogP contribution >= 0.6 is 11.3 Å². The summed E-state index contributed by atoms with van der Waals surface area (Å²) in [7, 11) is 0. The van der Waals surface area contributed by atoms with Gasteiger partial charge in [0, 0.05) is 6.54 Å². The second-order valence-corrected chi connectivity index (χ2v) is 5.96. The molecule has 1 aromatic heterocycles. The zero-order chi connectivity index (χ0) is 14.9. The molecule has 0 saturated heterocycles. The molecule has 0 fully saturated rings. The van der Waals surface area contributed by atoms with E-state index in [4.69, 9.17) is 4.74 Å². The number of amides is 1. The van der Waals surface area contributed by atoms with Crippen molar-refractivity contribution in [1.29, 1.82) is 0 Å². The van der Waals surface area contributed by atoms with Crippen LogP contribution in [0.3, 0.4) is 0 Å². The van der Waals surface area contributed by atoms with Gasteiger partial charge in [-0.05, 0) is 54.5 Å². The SMILES string of the molecule is O=C(COC(=O)Cc1ccsc1)NCCC1=CCCCC1. The fourth-order valence-electron chi connectivity index (χ4n) is 2.30. The topological polar surface area (TPSA) is 55.4 Å². The molecule has 1 aliphatic carbocycles. The molecule has 0 unspecified atom stereocenters. The van der Waals surface area contributed by atoms with Crippen LogP contribution in [0.4, 0.5) is 0 Å². The Hall–Kier alpha value is -1.62. The Morgan fingerprint density at radius 1 is 1.33 bits per heavy atom. The maximum Gasteiger partial charge on any atom is 0.310 e. The van der Waals surface area contributed by atoms with Crippen LogP contribution in [-0.4, -0.2) is 25.0 Å². The van der Waals surface area contributed by atoms with Crippen molar-refractivity contribution in [2.75, 3.05) is 13.2 Å². The molecular weight excluding hydrogens is 286 g/mol. The molecule has 1 amide bonds. The van der Waals surface area contributed by atoms with Crippen LogP contribution in [0.25, 0.3) is 0 Å². The number of carbonyl (C=O) groups excluding carboxylic acids is 2. The van der Waals surface area contributed by atoms with Gasteiger partial charge in [0.1, 0.15) is 0 Å². The summed E-state index contributed by atoms with van der Waals surface area (Å²) in [5.41, 5.74) is 2.35. The Labute approximate surface area is 129 Å². The lowest BCUT2D eigenvalue weighted by molar-refractivity contribution is -0.147. The van der Waals surface area contributed by atoms with Gasteiger partial charge in [-0.1, -0.05) is 11.6 Å². The van der Waals surface area contributed by atoms with E-state index in [1.807, 2.05) is 16.8 Å². The van der Waals surface area contributed by atoms with E-state index in [0.717, 1.165) is 24.8 Å². The van der Waals surface area contributed by atoms with Gasteiger partial charge in [0.15, 0.2) is 6.61 Å². The molecule has 1 aromatic rings. The molecule has 4 nitrogen and oxygen atoms in total. The van der Waals surface area contributed by atoms with Crippen LogP contribution in [0.2, 0.25) is 0 Å². The van der Waals surface area contributed by atoms with Crippen LogP contribution in [0.15, 0.2) is 28.5 Å². The third-order valence-electron chi connectivity index (χ3n) is 3.45. The molecular formula is C16H21NO3S. The van der Waals surface area contributed by atoms with E-state index in [9.17, 15) is 9.59 Å². The van der Waals surface area contributed by atoms with Gasteiger partial charge in [-0.2, -0.15) is 11.3 Å². The third-order valence-corrected chi connectivity index (χ3v) is 4.18. The second kappa shape index (κ2) is 8.62. The predicted octanol–water partition coefficient (Wildman–Crippen LogP) is 2.84. The molecule has 1 heterocycles. The van der Waals surface area contributed by atoms with Crippen molar-refractivity contribution >= 4 is 23.2 Å². The highest BCUT2D eigenvalue weighted by molar-refractivity contribution is 7.07. The molecule has 0 bridgehead atoms. The molecule has 21 heavy (non-hydrogen) atoms. The minimum absolute atomic E-state index is 0.192. The van der Waals surface area contributed by atoms with E-state index >= 15 is 0 Å². The average Bonchev–Trinajstić information content (AvgIpc) is 2.99. The van der Waals surface area contributed by atoms with E-state index in [-0.39, 0.29) is 24.9 Å². The summed E-state index contributed by atoms with van der Waals surface area (Å²) in [6.45, 7) is 0.425. The lowest BCUT2D eigenvalue weighted by Crippen LogP contribution is -2.30. The number of allylic oxidation sites excluding steroid dienone is 1. The Balaban J connectivity index is 1.56. The zero-order valence-corrected chi connectivity index (χ0v) is 12.9. The molecule has 114 valence electrons. The van der Waals surface area contributed by atoms with Crippen molar-refractivity contribution in [2.24, 2.45) is 0 Å². The van der Waals surface area contributed by atoms with Gasteiger partial charge in [0.05, 0.1) is 6.42 Å². The van der Waals surface area contributed by atoms with E-state index in [2.05, 4.69) is 11.4 Å². The van der Waals surface area contributed by atoms with Gasteiger partial charge >= 0.3 is 5.97 Å². The number of esters is 1. The van der Waals surface area contributed by atoms with Crippen LogP contribution in [0.1, 0.15) is 37.7 Å². The fourth-order valence-corrected chi connectivity index (χ4v) is 2.97. The minimum Gasteiger partial charge on any atom is -0.455 e. The van der Waals surface area contributed by atoms with Gasteiger partial charge in [-0.3, -0.25) is 9.59 Å². The minimum atomic E-state index is -0.362. The summed E-state index contributed by atoms with van der Waals surface area (Å²) in [5, 5.41) is 6.60. The van der Waals surface area contributed by atoms with E-state index in [1.54, 1.807) is 0 Å². The van der Waals surface area contributed by atoms with Crippen molar-refractivity contribution in [3.05, 3.63) is 34.0 Å². The van der Waals surface area contributed by atoms with Crippen LogP contribution in [0, 0.1) is 0 Å². The van der Waals surface area contributed by atoms with Gasteiger partial charge in [-0.15, -0.1) is 0 Å². The molecule has 0 spiro atoms. The van der Waals surface area contributed by atoms with Crippen LogP contribution in [0.5, 0.6) is 0 Å². The maximum absolute atomic E-state index is 11.6. The van der Waals surface area contributed by atoms with Gasteiger partial charge in [0.2, 0.25) is 0 Å². The Bertz CT molecular complexity index is 494. The Morgan fingerprint density at radius 3 is 2.95 bits per heavy atom. The maximum atomic E-state index is 11.6. The summed E-state index contributed by atoms with van der Waals surface area (Å²) in [4.78, 5) is 23.1. The number of ether oxygens (including phenoxy) is 1. The average molecular weight is 307 g/mol. The first-order valence-electron chi connectivity index (χ1n) is 7.35. The molecule has 0 radical (unpaired) electrons. The monoisotopic (exact) mass is 307 g/mol. The van der Waals surface area contributed by atoms with E-state index < -0.39 is 0 Å². The van der Waals surface area contributed by atoms with Crippen molar-refractivity contribution in [3.63, 3.8) is 0 Å². The van der Waals surface area contributed by atoms with Gasteiger partial charge < -0.3 is 10.1 Å². The van der Waals surface area contributed by atoms with E-state index in [1.165, 1.54) is 29.8 Å². The largest absolute Gasteiger partial charge is 0.455 e. The molecule has 1 aliphatic rings. The quantitative estimate of drug-likeness (QED) is 0.622. The fraction of sp³-hybridized carbons (Fsp3) is 0.500. The molecule has 1 N–H and O–H groups in total. The number of nitrogens with one attached hydrogen (secondary N) is 1. The highest BCUT2D eigenvalue weighted by Crippen LogP contribution is 2.19. The molecule has 0 atom stereocenters. The molecule has 2 rings (SSSR count). The van der Waals surface area contributed by atoms with E-state index in [0.29, 0.717) is 6.54 Å². The number of rotatable bonds is 7. The Kier molecular flexibility index (Phi) is 6.47. The first-order valence-corrected chi connectivity index (χ1v) is 8.29.